The van der Waals surface area contributed by atoms with Crippen LogP contribution in [0.25, 0.3) is 11.0 Å². The average molecular weight is 319 g/mol. The minimum absolute atomic E-state index is 0.0536. The molecule has 5 nitrogen and oxygen atoms in total. The van der Waals surface area contributed by atoms with Crippen LogP contribution in [0.5, 0.6) is 0 Å². The highest BCUT2D eigenvalue weighted by Crippen LogP contribution is 2.13. The Balaban J connectivity index is 1.65. The topological polar surface area (TPSA) is 74.8 Å². The number of rotatable bonds is 5. The highest BCUT2D eigenvalue weighted by molar-refractivity contribution is 7.89. The van der Waals surface area contributed by atoms with Crippen LogP contribution in [0, 0.1) is 5.82 Å². The Morgan fingerprint density at radius 3 is 2.68 bits per heavy atom. The van der Waals surface area contributed by atoms with Crippen molar-refractivity contribution in [3.63, 3.8) is 0 Å². The third kappa shape index (κ3) is 3.15. The number of sulfonamides is 1. The molecule has 0 spiro atoms. The summed E-state index contributed by atoms with van der Waals surface area (Å²) in [7, 11) is -3.62. The quantitative estimate of drug-likeness (QED) is 0.757. The number of hydrogen-bond acceptors (Lipinski definition) is 3. The van der Waals surface area contributed by atoms with Crippen molar-refractivity contribution in [1.29, 1.82) is 0 Å². The fraction of sp³-hybridized carbons (Fsp3) is 0.133. The number of halogens is 1. The van der Waals surface area contributed by atoms with Crippen molar-refractivity contribution in [2.75, 3.05) is 6.54 Å². The second kappa shape index (κ2) is 5.86. The van der Waals surface area contributed by atoms with E-state index < -0.39 is 15.8 Å². The number of imidazole rings is 1. The molecule has 0 aliphatic rings. The van der Waals surface area contributed by atoms with Gasteiger partial charge in [-0.3, -0.25) is 0 Å². The number of nitrogens with one attached hydrogen (secondary N) is 2. The first-order chi connectivity index (χ1) is 10.5. The molecule has 1 heterocycles. The highest BCUT2D eigenvalue weighted by Gasteiger charge is 2.13. The maximum absolute atomic E-state index is 12.8. The molecule has 3 aromatic rings. The Bertz CT molecular complexity index is 889. The molecule has 0 fully saturated rings. The number of aromatic amines is 1. The first-order valence-corrected chi connectivity index (χ1v) is 8.20. The Kier molecular flexibility index (Phi) is 3.91. The molecule has 1 aromatic heterocycles. The summed E-state index contributed by atoms with van der Waals surface area (Å²) in [5, 5.41) is 0. The largest absolute Gasteiger partial charge is 0.345 e. The van der Waals surface area contributed by atoms with Crippen LogP contribution >= 0.6 is 0 Å². The van der Waals surface area contributed by atoms with E-state index >= 15 is 0 Å². The van der Waals surface area contributed by atoms with Gasteiger partial charge in [0.05, 0.1) is 22.3 Å². The lowest BCUT2D eigenvalue weighted by Crippen LogP contribution is -2.26. The summed E-state index contributed by atoms with van der Waals surface area (Å²) in [6.45, 7) is 0.263. The first-order valence-electron chi connectivity index (χ1n) is 6.72. The smallest absolute Gasteiger partial charge is 0.240 e. The molecule has 2 N–H and O–H groups in total. The predicted molar refractivity (Wildman–Crippen MR) is 81.4 cm³/mol. The zero-order chi connectivity index (χ0) is 15.6. The van der Waals surface area contributed by atoms with E-state index in [9.17, 15) is 12.8 Å². The number of hydrogen-bond donors (Lipinski definition) is 2. The molecule has 22 heavy (non-hydrogen) atoms. The molecule has 7 heteroatoms. The number of fused-ring (bicyclic) bond motifs is 1. The molecule has 0 aliphatic carbocycles. The summed E-state index contributed by atoms with van der Waals surface area (Å²) in [4.78, 5) is 7.19. The maximum Gasteiger partial charge on any atom is 0.240 e. The normalized spacial score (nSPS) is 11.9. The van der Waals surface area contributed by atoms with Gasteiger partial charge in [0.25, 0.3) is 0 Å². The van der Waals surface area contributed by atoms with E-state index in [0.717, 1.165) is 28.7 Å². The van der Waals surface area contributed by atoms with Gasteiger partial charge in [-0.1, -0.05) is 6.07 Å². The van der Waals surface area contributed by atoms with E-state index in [2.05, 4.69) is 14.7 Å². The summed E-state index contributed by atoms with van der Waals surface area (Å²) >= 11 is 0. The molecule has 114 valence electrons. The van der Waals surface area contributed by atoms with E-state index in [0.29, 0.717) is 6.42 Å². The molecular weight excluding hydrogens is 305 g/mol. The van der Waals surface area contributed by atoms with E-state index in [1.54, 1.807) is 6.33 Å². The van der Waals surface area contributed by atoms with Crippen molar-refractivity contribution in [1.82, 2.24) is 14.7 Å². The molecule has 0 aliphatic heterocycles. The Morgan fingerprint density at radius 1 is 1.14 bits per heavy atom. The van der Waals surface area contributed by atoms with E-state index in [-0.39, 0.29) is 11.4 Å². The third-order valence-electron chi connectivity index (χ3n) is 3.31. The Labute approximate surface area is 127 Å². The molecule has 0 saturated carbocycles. The van der Waals surface area contributed by atoms with Gasteiger partial charge >= 0.3 is 0 Å². The fourth-order valence-corrected chi connectivity index (χ4v) is 3.20. The van der Waals surface area contributed by atoms with Crippen LogP contribution in [0.1, 0.15) is 5.56 Å². The average Bonchev–Trinajstić information content (AvgIpc) is 2.95. The van der Waals surface area contributed by atoms with E-state index in [4.69, 9.17) is 0 Å². The Morgan fingerprint density at radius 2 is 1.91 bits per heavy atom. The van der Waals surface area contributed by atoms with Crippen LogP contribution in [0.4, 0.5) is 4.39 Å². The molecule has 0 bridgehead atoms. The monoisotopic (exact) mass is 319 g/mol. The van der Waals surface area contributed by atoms with Gasteiger partial charge in [0.2, 0.25) is 10.0 Å². The summed E-state index contributed by atoms with van der Waals surface area (Å²) in [5.41, 5.74) is 2.79. The molecule has 3 rings (SSSR count). The second-order valence-corrected chi connectivity index (χ2v) is 6.62. The second-order valence-electron chi connectivity index (χ2n) is 4.86. The van der Waals surface area contributed by atoms with Gasteiger partial charge in [0.1, 0.15) is 5.82 Å². The van der Waals surface area contributed by atoms with Gasteiger partial charge in [-0.25, -0.2) is 22.5 Å². The molecule has 0 amide bonds. The first kappa shape index (κ1) is 14.7. The number of aromatic nitrogens is 2. The highest BCUT2D eigenvalue weighted by atomic mass is 32.2. The van der Waals surface area contributed by atoms with Gasteiger partial charge in [0.15, 0.2) is 0 Å². The van der Waals surface area contributed by atoms with Crippen LogP contribution < -0.4 is 4.72 Å². The van der Waals surface area contributed by atoms with E-state index in [1.807, 2.05) is 18.2 Å². The molecule has 0 radical (unpaired) electrons. The van der Waals surface area contributed by atoms with Gasteiger partial charge < -0.3 is 4.98 Å². The fourth-order valence-electron chi connectivity index (χ4n) is 2.17. The SMILES string of the molecule is O=S(=O)(NCCc1ccc2nc[nH]c2c1)c1ccc(F)cc1. The number of H-pyrrole nitrogens is 1. The van der Waals surface area contributed by atoms with Crippen LogP contribution in [0.3, 0.4) is 0 Å². The van der Waals surface area contributed by atoms with Gasteiger partial charge in [-0.2, -0.15) is 0 Å². The molecule has 0 unspecified atom stereocenters. The summed E-state index contributed by atoms with van der Waals surface area (Å²) in [6.07, 6.45) is 2.17. The van der Waals surface area contributed by atoms with Crippen LogP contribution in [0.15, 0.2) is 53.7 Å². The van der Waals surface area contributed by atoms with Crippen LogP contribution in [-0.4, -0.2) is 24.9 Å². The summed E-state index contributed by atoms with van der Waals surface area (Å²) < 4.78 is 39.4. The molecular formula is C15H14FN3O2S. The van der Waals surface area contributed by atoms with Crippen molar-refractivity contribution in [2.24, 2.45) is 0 Å². The molecule has 0 saturated heterocycles. The summed E-state index contributed by atoms with van der Waals surface area (Å²) in [6, 6.07) is 10.5. The molecule has 0 atom stereocenters. The van der Waals surface area contributed by atoms with Crippen molar-refractivity contribution in [3.05, 3.63) is 60.2 Å². The minimum Gasteiger partial charge on any atom is -0.345 e. The predicted octanol–water partition coefficient (Wildman–Crippen LogP) is 2.22. The zero-order valence-corrected chi connectivity index (χ0v) is 12.4. The lowest BCUT2D eigenvalue weighted by atomic mass is 10.1. The van der Waals surface area contributed by atoms with E-state index in [1.165, 1.54) is 12.1 Å². The van der Waals surface area contributed by atoms with Gasteiger partial charge in [-0.05, 0) is 48.4 Å². The van der Waals surface area contributed by atoms with Gasteiger partial charge in [0, 0.05) is 6.54 Å². The maximum atomic E-state index is 12.8. The van der Waals surface area contributed by atoms with Crippen molar-refractivity contribution < 1.29 is 12.8 Å². The number of nitrogens with zero attached hydrogens (tertiary/aromatic N) is 1. The Hall–Kier alpha value is -2.25. The van der Waals surface area contributed by atoms with Gasteiger partial charge in [-0.15, -0.1) is 0 Å². The van der Waals surface area contributed by atoms with Crippen molar-refractivity contribution >= 4 is 21.1 Å². The lowest BCUT2D eigenvalue weighted by molar-refractivity contribution is 0.580. The zero-order valence-electron chi connectivity index (χ0n) is 11.6. The summed E-state index contributed by atoms with van der Waals surface area (Å²) in [5.74, 6) is -0.466. The van der Waals surface area contributed by atoms with Crippen molar-refractivity contribution in [2.45, 2.75) is 11.3 Å². The molecule has 2 aromatic carbocycles. The van der Waals surface area contributed by atoms with Crippen LogP contribution in [0.2, 0.25) is 0 Å². The minimum atomic E-state index is -3.62. The third-order valence-corrected chi connectivity index (χ3v) is 4.79. The van der Waals surface area contributed by atoms with Crippen molar-refractivity contribution in [3.8, 4) is 0 Å². The number of benzene rings is 2. The van der Waals surface area contributed by atoms with Crippen LogP contribution in [-0.2, 0) is 16.4 Å². The lowest BCUT2D eigenvalue weighted by Gasteiger charge is -2.07. The standard InChI is InChI=1S/C15H14FN3O2S/c16-12-2-4-13(5-3-12)22(20,21)19-8-7-11-1-6-14-15(9-11)18-10-17-14/h1-6,9-10,19H,7-8H2,(H,17,18).